The number of hydrogen-bond acceptors (Lipinski definition) is 4. The van der Waals surface area contributed by atoms with Crippen molar-refractivity contribution in [2.75, 3.05) is 0 Å². The molecule has 7 heteroatoms. The smallest absolute Gasteiger partial charge is 0.133 e. The number of aliphatic hydroxyl groups is 1. The molecule has 0 amide bonds. The minimum atomic E-state index is -0.854. The molecule has 0 fully saturated rings. The van der Waals surface area contributed by atoms with Crippen molar-refractivity contribution in [1.29, 1.82) is 0 Å². The van der Waals surface area contributed by atoms with Crippen LogP contribution in [0.1, 0.15) is 36.4 Å². The summed E-state index contributed by atoms with van der Waals surface area (Å²) in [6, 6.07) is 0. The van der Waals surface area contributed by atoms with Crippen LogP contribution in [-0.4, -0.2) is 29.9 Å². The monoisotopic (exact) mass is 269 g/mol. The number of aliphatic hydroxyl groups excluding tert-OH is 1. The highest BCUT2D eigenvalue weighted by molar-refractivity contribution is 6.30. The summed E-state index contributed by atoms with van der Waals surface area (Å²) < 4.78 is 3.23. The predicted molar refractivity (Wildman–Crippen MR) is 67.3 cm³/mol. The summed E-state index contributed by atoms with van der Waals surface area (Å²) in [4.78, 5) is 0. The van der Waals surface area contributed by atoms with Crippen LogP contribution in [0.5, 0.6) is 0 Å². The minimum Gasteiger partial charge on any atom is -0.382 e. The summed E-state index contributed by atoms with van der Waals surface area (Å²) in [6.07, 6.45) is 1.62. The van der Waals surface area contributed by atoms with E-state index in [0.29, 0.717) is 28.6 Å². The van der Waals surface area contributed by atoms with E-state index in [9.17, 15) is 5.11 Å². The third-order valence-electron chi connectivity index (χ3n) is 2.83. The van der Waals surface area contributed by atoms with Gasteiger partial charge in [-0.3, -0.25) is 4.68 Å². The fourth-order valence-electron chi connectivity index (χ4n) is 1.97. The van der Waals surface area contributed by atoms with Gasteiger partial charge >= 0.3 is 0 Å². The zero-order valence-corrected chi connectivity index (χ0v) is 11.4. The van der Waals surface area contributed by atoms with Crippen molar-refractivity contribution in [2.24, 2.45) is 7.05 Å². The molecule has 0 aliphatic rings. The van der Waals surface area contributed by atoms with Gasteiger partial charge in [0.15, 0.2) is 0 Å². The molecule has 6 nitrogen and oxygen atoms in total. The highest BCUT2D eigenvalue weighted by Crippen LogP contribution is 2.30. The van der Waals surface area contributed by atoms with Crippen LogP contribution in [0, 0.1) is 6.92 Å². The van der Waals surface area contributed by atoms with Gasteiger partial charge in [0.2, 0.25) is 0 Å². The van der Waals surface area contributed by atoms with Crippen molar-refractivity contribution in [3.63, 3.8) is 0 Å². The summed E-state index contributed by atoms with van der Waals surface area (Å²) >= 11 is 6.15. The Morgan fingerprint density at radius 3 is 2.78 bits per heavy atom. The van der Waals surface area contributed by atoms with Gasteiger partial charge in [-0.15, -0.1) is 5.10 Å². The van der Waals surface area contributed by atoms with E-state index in [2.05, 4.69) is 15.4 Å². The van der Waals surface area contributed by atoms with E-state index >= 15 is 0 Å². The van der Waals surface area contributed by atoms with Crippen molar-refractivity contribution < 1.29 is 5.11 Å². The lowest BCUT2D eigenvalue weighted by molar-refractivity contribution is 0.206. The molecule has 1 atom stereocenters. The van der Waals surface area contributed by atoms with Crippen molar-refractivity contribution in [3.05, 3.63) is 28.3 Å². The Morgan fingerprint density at radius 2 is 2.22 bits per heavy atom. The lowest BCUT2D eigenvalue weighted by Gasteiger charge is -2.12. The van der Waals surface area contributed by atoms with E-state index in [1.54, 1.807) is 22.6 Å². The van der Waals surface area contributed by atoms with Gasteiger partial charge in [0.25, 0.3) is 0 Å². The fourth-order valence-corrected chi connectivity index (χ4v) is 2.25. The zero-order valence-electron chi connectivity index (χ0n) is 10.6. The van der Waals surface area contributed by atoms with Gasteiger partial charge < -0.3 is 5.11 Å². The van der Waals surface area contributed by atoms with Crippen molar-refractivity contribution in [3.8, 4) is 0 Å². The highest BCUT2D eigenvalue weighted by atomic mass is 35.5. The van der Waals surface area contributed by atoms with Gasteiger partial charge in [-0.05, 0) is 13.3 Å². The van der Waals surface area contributed by atoms with E-state index in [0.717, 1.165) is 6.42 Å². The summed E-state index contributed by atoms with van der Waals surface area (Å²) in [6.45, 7) is 4.57. The van der Waals surface area contributed by atoms with Crippen molar-refractivity contribution >= 4 is 11.6 Å². The number of aryl methyl sites for hydroxylation is 3. The molecule has 0 spiro atoms. The minimum absolute atomic E-state index is 0.434. The van der Waals surface area contributed by atoms with E-state index in [1.165, 1.54) is 0 Å². The molecule has 1 unspecified atom stereocenters. The van der Waals surface area contributed by atoms with Crippen LogP contribution in [-0.2, 0) is 13.6 Å². The SMILES string of the molecule is CCCn1nncc1C(O)c1c(C)nn(C)c1Cl. The number of aromatic nitrogens is 5. The lowest BCUT2D eigenvalue weighted by atomic mass is 10.1. The van der Waals surface area contributed by atoms with Crippen LogP contribution < -0.4 is 0 Å². The summed E-state index contributed by atoms with van der Waals surface area (Å²) in [5.74, 6) is 0. The lowest BCUT2D eigenvalue weighted by Crippen LogP contribution is -2.11. The molecule has 0 aliphatic carbocycles. The normalized spacial score (nSPS) is 12.9. The van der Waals surface area contributed by atoms with Crippen molar-refractivity contribution in [2.45, 2.75) is 32.9 Å². The molecule has 98 valence electrons. The number of rotatable bonds is 4. The van der Waals surface area contributed by atoms with E-state index in [-0.39, 0.29) is 0 Å². The van der Waals surface area contributed by atoms with Crippen LogP contribution >= 0.6 is 11.6 Å². The first-order valence-corrected chi connectivity index (χ1v) is 6.19. The molecule has 18 heavy (non-hydrogen) atoms. The number of hydrogen-bond donors (Lipinski definition) is 1. The fraction of sp³-hybridized carbons (Fsp3) is 0.545. The molecule has 0 saturated heterocycles. The molecular weight excluding hydrogens is 254 g/mol. The standard InChI is InChI=1S/C11H16ClN5O/c1-4-5-17-8(6-13-15-17)10(18)9-7(2)14-16(3)11(9)12/h6,10,18H,4-5H2,1-3H3. The maximum atomic E-state index is 10.4. The van der Waals surface area contributed by atoms with Crippen LogP contribution in [0.4, 0.5) is 0 Å². The molecule has 0 aromatic carbocycles. The van der Waals surface area contributed by atoms with Gasteiger partial charge in [-0.25, -0.2) is 4.68 Å². The molecular formula is C11H16ClN5O. The van der Waals surface area contributed by atoms with Crippen LogP contribution in [0.2, 0.25) is 5.15 Å². The Kier molecular flexibility index (Phi) is 3.68. The first-order chi connectivity index (χ1) is 8.56. The van der Waals surface area contributed by atoms with Crippen molar-refractivity contribution in [1.82, 2.24) is 24.8 Å². The second-order valence-corrected chi connectivity index (χ2v) is 4.56. The Labute approximate surface area is 110 Å². The van der Waals surface area contributed by atoms with E-state index in [1.807, 2.05) is 13.8 Å². The Hall–Kier alpha value is -1.40. The second-order valence-electron chi connectivity index (χ2n) is 4.20. The Balaban J connectivity index is 2.41. The molecule has 0 radical (unpaired) electrons. The number of halogens is 1. The zero-order chi connectivity index (χ0) is 13.3. The second kappa shape index (κ2) is 5.07. The third-order valence-corrected chi connectivity index (χ3v) is 3.28. The first-order valence-electron chi connectivity index (χ1n) is 5.81. The summed E-state index contributed by atoms with van der Waals surface area (Å²) in [5, 5.41) is 22.8. The average molecular weight is 270 g/mol. The molecule has 2 rings (SSSR count). The molecule has 0 aliphatic heterocycles. The number of nitrogens with zero attached hydrogens (tertiary/aromatic N) is 5. The molecule has 1 N–H and O–H groups in total. The summed E-state index contributed by atoms with van der Waals surface area (Å²) in [7, 11) is 1.74. The molecule has 2 heterocycles. The molecule has 2 aromatic rings. The topological polar surface area (TPSA) is 68.8 Å². The third kappa shape index (κ3) is 2.13. The molecule has 0 bridgehead atoms. The van der Waals surface area contributed by atoms with E-state index < -0.39 is 6.10 Å². The highest BCUT2D eigenvalue weighted by Gasteiger charge is 2.24. The Morgan fingerprint density at radius 1 is 1.50 bits per heavy atom. The summed E-state index contributed by atoms with van der Waals surface area (Å²) in [5.41, 5.74) is 1.95. The van der Waals surface area contributed by atoms with Crippen LogP contribution in [0.15, 0.2) is 6.20 Å². The average Bonchev–Trinajstić information content (AvgIpc) is 2.86. The molecule has 0 saturated carbocycles. The predicted octanol–water partition coefficient (Wildman–Crippen LogP) is 1.47. The largest absolute Gasteiger partial charge is 0.382 e. The van der Waals surface area contributed by atoms with Gasteiger partial charge in [0.1, 0.15) is 11.3 Å². The molecule has 2 aromatic heterocycles. The first kappa shape index (κ1) is 13.0. The van der Waals surface area contributed by atoms with Gasteiger partial charge in [-0.1, -0.05) is 23.7 Å². The maximum absolute atomic E-state index is 10.4. The van der Waals surface area contributed by atoms with E-state index in [4.69, 9.17) is 11.6 Å². The van der Waals surface area contributed by atoms with Gasteiger partial charge in [0, 0.05) is 19.2 Å². The van der Waals surface area contributed by atoms with Gasteiger partial charge in [0.05, 0.1) is 17.6 Å². The van der Waals surface area contributed by atoms with Crippen LogP contribution in [0.25, 0.3) is 0 Å². The quantitative estimate of drug-likeness (QED) is 0.912. The Bertz CT molecular complexity index is 548. The van der Waals surface area contributed by atoms with Crippen LogP contribution in [0.3, 0.4) is 0 Å². The van der Waals surface area contributed by atoms with Gasteiger partial charge in [-0.2, -0.15) is 5.10 Å². The maximum Gasteiger partial charge on any atom is 0.133 e.